The Labute approximate surface area is 180 Å². The maximum Gasteiger partial charge on any atom is 0.348 e. The van der Waals surface area contributed by atoms with Crippen LogP contribution in [0.3, 0.4) is 0 Å². The number of thiophene rings is 1. The van der Waals surface area contributed by atoms with Gasteiger partial charge < -0.3 is 19.9 Å². The quantitative estimate of drug-likeness (QED) is 0.522. The number of carbonyl (C=O) groups is 2. The maximum absolute atomic E-state index is 12.4. The maximum atomic E-state index is 12.4. The summed E-state index contributed by atoms with van der Waals surface area (Å²) in [6.07, 6.45) is 0. The van der Waals surface area contributed by atoms with E-state index < -0.39 is 11.9 Å². The Morgan fingerprint density at radius 2 is 1.93 bits per heavy atom. The molecule has 0 saturated heterocycles. The number of ether oxygens (including phenoxy) is 3. The first-order valence-electron chi connectivity index (χ1n) is 8.78. The molecule has 0 bridgehead atoms. The fraction of sp³-hybridized carbons (Fsp3) is 0.200. The monoisotopic (exact) mass is 443 g/mol. The van der Waals surface area contributed by atoms with E-state index in [9.17, 15) is 14.9 Å². The van der Waals surface area contributed by atoms with Gasteiger partial charge in [-0.3, -0.25) is 0 Å². The van der Waals surface area contributed by atoms with Gasteiger partial charge in [0.1, 0.15) is 34.9 Å². The lowest BCUT2D eigenvalue weighted by Gasteiger charge is -2.08. The minimum absolute atomic E-state index is 0.113. The number of thiazole rings is 1. The lowest BCUT2D eigenvalue weighted by Crippen LogP contribution is -2.10. The minimum Gasteiger partial charge on any atom is -0.487 e. The SMILES string of the molecule is CCOC(=O)c1sc(N)c(C#N)c1COC(=O)c1ccc(OCc2cscn2)cc1. The van der Waals surface area contributed by atoms with Crippen LogP contribution >= 0.6 is 22.7 Å². The highest BCUT2D eigenvalue weighted by Crippen LogP contribution is 2.32. The Hall–Kier alpha value is -3.42. The Morgan fingerprint density at radius 3 is 2.57 bits per heavy atom. The van der Waals surface area contributed by atoms with E-state index in [4.69, 9.17) is 19.9 Å². The molecule has 2 heterocycles. The van der Waals surface area contributed by atoms with Crippen LogP contribution < -0.4 is 10.5 Å². The van der Waals surface area contributed by atoms with Crippen LogP contribution in [0.2, 0.25) is 0 Å². The van der Waals surface area contributed by atoms with E-state index in [-0.39, 0.29) is 34.2 Å². The average Bonchev–Trinajstić information content (AvgIpc) is 3.38. The third-order valence-corrected chi connectivity index (χ3v) is 5.59. The van der Waals surface area contributed by atoms with E-state index in [1.165, 1.54) is 11.3 Å². The molecule has 0 amide bonds. The molecule has 0 spiro atoms. The van der Waals surface area contributed by atoms with E-state index in [1.807, 2.05) is 11.4 Å². The molecule has 0 aliphatic carbocycles. The van der Waals surface area contributed by atoms with Crippen LogP contribution in [0, 0.1) is 11.3 Å². The molecule has 8 nitrogen and oxygen atoms in total. The molecule has 0 saturated carbocycles. The Bertz CT molecular complexity index is 1070. The molecule has 10 heteroatoms. The first-order chi connectivity index (χ1) is 14.5. The number of anilines is 1. The number of hydrogen-bond donors (Lipinski definition) is 1. The van der Waals surface area contributed by atoms with Gasteiger partial charge in [0.25, 0.3) is 0 Å². The smallest absolute Gasteiger partial charge is 0.348 e. The van der Waals surface area contributed by atoms with Gasteiger partial charge in [-0.2, -0.15) is 5.26 Å². The molecule has 0 atom stereocenters. The number of hydrogen-bond acceptors (Lipinski definition) is 10. The van der Waals surface area contributed by atoms with Crippen molar-refractivity contribution in [2.75, 3.05) is 12.3 Å². The first kappa shape index (κ1) is 21.3. The second kappa shape index (κ2) is 9.87. The molecule has 0 aliphatic heterocycles. The predicted molar refractivity (Wildman–Crippen MR) is 111 cm³/mol. The van der Waals surface area contributed by atoms with Crippen molar-refractivity contribution in [1.29, 1.82) is 5.26 Å². The third-order valence-electron chi connectivity index (χ3n) is 3.91. The van der Waals surface area contributed by atoms with Crippen molar-refractivity contribution in [3.63, 3.8) is 0 Å². The number of benzene rings is 1. The molecule has 0 unspecified atom stereocenters. The number of nitrogens with zero attached hydrogens (tertiary/aromatic N) is 2. The van der Waals surface area contributed by atoms with Gasteiger partial charge in [-0.05, 0) is 31.2 Å². The second-order valence-corrected chi connectivity index (χ2v) is 7.62. The van der Waals surface area contributed by atoms with Crippen molar-refractivity contribution >= 4 is 39.6 Å². The van der Waals surface area contributed by atoms with Crippen molar-refractivity contribution in [3.05, 3.63) is 62.4 Å². The Balaban J connectivity index is 1.65. The number of carbonyl (C=O) groups excluding carboxylic acids is 2. The van der Waals surface area contributed by atoms with Gasteiger partial charge in [0.2, 0.25) is 0 Å². The highest BCUT2D eigenvalue weighted by molar-refractivity contribution is 7.18. The Kier molecular flexibility index (Phi) is 7.00. The molecule has 3 aromatic rings. The summed E-state index contributed by atoms with van der Waals surface area (Å²) in [5.74, 6) is -0.630. The van der Waals surface area contributed by atoms with Gasteiger partial charge in [0.15, 0.2) is 0 Å². The lowest BCUT2D eigenvalue weighted by molar-refractivity contribution is 0.0452. The highest BCUT2D eigenvalue weighted by atomic mass is 32.1. The lowest BCUT2D eigenvalue weighted by atomic mass is 10.1. The summed E-state index contributed by atoms with van der Waals surface area (Å²) in [4.78, 5) is 28.8. The number of nitrogens with two attached hydrogens (primary N) is 1. The third kappa shape index (κ3) is 4.94. The zero-order chi connectivity index (χ0) is 21.5. The van der Waals surface area contributed by atoms with Crippen molar-refractivity contribution < 1.29 is 23.8 Å². The van der Waals surface area contributed by atoms with Crippen molar-refractivity contribution in [2.45, 2.75) is 20.1 Å². The van der Waals surface area contributed by atoms with Crippen LogP contribution in [0.1, 0.15) is 43.8 Å². The summed E-state index contributed by atoms with van der Waals surface area (Å²) in [6, 6.07) is 8.38. The fourth-order valence-corrected chi connectivity index (χ4v) is 3.94. The number of nitrogen functional groups attached to an aromatic ring is 1. The standard InChI is InChI=1S/C20H17N3O5S2/c1-2-26-20(25)17-16(15(7-21)18(22)30-17)9-28-19(24)12-3-5-14(6-4-12)27-8-13-10-29-11-23-13/h3-6,10-11H,2,8-9,22H2,1H3. The van der Waals surface area contributed by atoms with Crippen molar-refractivity contribution in [1.82, 2.24) is 4.98 Å². The number of nitriles is 1. The van der Waals surface area contributed by atoms with Gasteiger partial charge in [0, 0.05) is 10.9 Å². The van der Waals surface area contributed by atoms with Gasteiger partial charge >= 0.3 is 11.9 Å². The highest BCUT2D eigenvalue weighted by Gasteiger charge is 2.24. The fourth-order valence-electron chi connectivity index (χ4n) is 2.48. The van der Waals surface area contributed by atoms with E-state index in [2.05, 4.69) is 4.98 Å². The number of rotatable bonds is 8. The molecule has 1 aromatic carbocycles. The normalized spacial score (nSPS) is 10.3. The largest absolute Gasteiger partial charge is 0.487 e. The van der Waals surface area contributed by atoms with E-state index >= 15 is 0 Å². The summed E-state index contributed by atoms with van der Waals surface area (Å²) in [5.41, 5.74) is 9.02. The second-order valence-electron chi connectivity index (χ2n) is 5.85. The molecular formula is C20H17N3O5S2. The summed E-state index contributed by atoms with van der Waals surface area (Å²) >= 11 is 2.42. The van der Waals surface area contributed by atoms with Gasteiger partial charge in [0.05, 0.1) is 28.9 Å². The molecule has 2 N–H and O–H groups in total. The van der Waals surface area contributed by atoms with Crippen LogP contribution in [0.4, 0.5) is 5.00 Å². The Morgan fingerprint density at radius 1 is 1.17 bits per heavy atom. The molecule has 30 heavy (non-hydrogen) atoms. The zero-order valence-electron chi connectivity index (χ0n) is 15.9. The molecular weight excluding hydrogens is 426 g/mol. The summed E-state index contributed by atoms with van der Waals surface area (Å²) in [5, 5.41) is 11.4. The van der Waals surface area contributed by atoms with Crippen molar-refractivity contribution in [3.8, 4) is 11.8 Å². The van der Waals surface area contributed by atoms with Crippen LogP contribution in [0.15, 0.2) is 35.2 Å². The van der Waals surface area contributed by atoms with Gasteiger partial charge in [-0.15, -0.1) is 22.7 Å². The first-order valence-corrected chi connectivity index (χ1v) is 10.5. The summed E-state index contributed by atoms with van der Waals surface area (Å²) < 4.78 is 15.9. The molecule has 2 aromatic heterocycles. The van der Waals surface area contributed by atoms with Crippen LogP contribution in [-0.2, 0) is 22.7 Å². The topological polar surface area (TPSA) is 125 Å². The predicted octanol–water partition coefficient (Wildman–Crippen LogP) is 3.77. The van der Waals surface area contributed by atoms with Crippen LogP contribution in [-0.4, -0.2) is 23.5 Å². The molecule has 0 radical (unpaired) electrons. The van der Waals surface area contributed by atoms with Crippen molar-refractivity contribution in [2.24, 2.45) is 0 Å². The van der Waals surface area contributed by atoms with Crippen LogP contribution in [0.5, 0.6) is 5.75 Å². The molecule has 154 valence electrons. The molecule has 0 aliphatic rings. The van der Waals surface area contributed by atoms with E-state index in [1.54, 1.807) is 36.7 Å². The van der Waals surface area contributed by atoms with E-state index in [0.717, 1.165) is 17.0 Å². The number of aromatic nitrogens is 1. The summed E-state index contributed by atoms with van der Waals surface area (Å²) in [7, 11) is 0. The zero-order valence-corrected chi connectivity index (χ0v) is 17.5. The molecule has 3 rings (SSSR count). The van der Waals surface area contributed by atoms with Crippen LogP contribution in [0.25, 0.3) is 0 Å². The van der Waals surface area contributed by atoms with Gasteiger partial charge in [-0.1, -0.05) is 0 Å². The number of esters is 2. The average molecular weight is 444 g/mol. The summed E-state index contributed by atoms with van der Waals surface area (Å²) in [6.45, 7) is 1.91. The van der Waals surface area contributed by atoms with E-state index in [0.29, 0.717) is 17.9 Å². The molecule has 0 fully saturated rings. The van der Waals surface area contributed by atoms with Gasteiger partial charge in [-0.25, -0.2) is 14.6 Å². The minimum atomic E-state index is -0.608.